The van der Waals surface area contributed by atoms with E-state index in [-0.39, 0.29) is 17.1 Å². The minimum absolute atomic E-state index is 0.197. The van der Waals surface area contributed by atoms with Crippen molar-refractivity contribution in [3.63, 3.8) is 0 Å². The number of carbonyl (C=O) groups excluding carboxylic acids is 2. The molecule has 3 rings (SSSR count). The number of fused-ring (bicyclic) bond motifs is 2. The van der Waals surface area contributed by atoms with Gasteiger partial charge in [-0.1, -0.05) is 24.3 Å². The number of hydrogen-bond donors (Lipinski definition) is 0. The molecule has 0 radical (unpaired) electrons. The van der Waals surface area contributed by atoms with Crippen LogP contribution in [0.4, 0.5) is 0 Å². The molecule has 1 atom stereocenters. The Labute approximate surface area is 116 Å². The number of benzene rings is 2. The van der Waals surface area contributed by atoms with Crippen molar-refractivity contribution < 1.29 is 13.8 Å². The molecule has 1 aliphatic carbocycles. The summed E-state index contributed by atoms with van der Waals surface area (Å²) in [5, 5.41) is 0. The third-order valence-corrected chi connectivity index (χ3v) is 4.24. The quantitative estimate of drug-likeness (QED) is 0.648. The normalized spacial score (nSPS) is 14.8. The summed E-state index contributed by atoms with van der Waals surface area (Å²) in [5.41, 5.74) is 1.36. The molecule has 0 bridgehead atoms. The van der Waals surface area contributed by atoms with E-state index in [1.54, 1.807) is 24.3 Å². The SMILES string of the molecule is O=C1c2ccccc2C(=O)c2cc(S(=O)Cl)ccc21. The van der Waals surface area contributed by atoms with Crippen LogP contribution in [-0.4, -0.2) is 15.8 Å². The van der Waals surface area contributed by atoms with Gasteiger partial charge < -0.3 is 0 Å². The number of halogens is 1. The summed E-state index contributed by atoms with van der Waals surface area (Å²) in [6.07, 6.45) is 0. The van der Waals surface area contributed by atoms with Crippen LogP contribution in [0.5, 0.6) is 0 Å². The molecule has 1 unspecified atom stereocenters. The Balaban J connectivity index is 2.27. The second kappa shape index (κ2) is 4.40. The van der Waals surface area contributed by atoms with Gasteiger partial charge in [0.2, 0.25) is 0 Å². The Hall–Kier alpha value is -1.78. The van der Waals surface area contributed by atoms with Crippen molar-refractivity contribution in [2.45, 2.75) is 4.90 Å². The molecule has 0 aromatic heterocycles. The molecule has 0 amide bonds. The van der Waals surface area contributed by atoms with Gasteiger partial charge in [-0.25, -0.2) is 4.21 Å². The highest BCUT2D eigenvalue weighted by Crippen LogP contribution is 2.28. The molecule has 1 aliphatic rings. The van der Waals surface area contributed by atoms with Gasteiger partial charge in [-0.05, 0) is 28.9 Å². The zero-order valence-electron chi connectivity index (χ0n) is 9.55. The van der Waals surface area contributed by atoms with E-state index in [1.165, 1.54) is 18.2 Å². The third-order valence-electron chi connectivity index (χ3n) is 3.08. The fraction of sp³-hybridized carbons (Fsp3) is 0. The lowest BCUT2D eigenvalue weighted by atomic mass is 9.84. The predicted molar refractivity (Wildman–Crippen MR) is 72.0 cm³/mol. The van der Waals surface area contributed by atoms with Crippen LogP contribution in [0, 0.1) is 0 Å². The molecule has 0 fully saturated rings. The molecule has 0 saturated carbocycles. The van der Waals surface area contributed by atoms with Gasteiger partial charge in [-0.2, -0.15) is 0 Å². The van der Waals surface area contributed by atoms with Crippen molar-refractivity contribution >= 4 is 32.3 Å². The highest BCUT2D eigenvalue weighted by molar-refractivity contribution is 8.08. The van der Waals surface area contributed by atoms with E-state index in [1.807, 2.05) is 0 Å². The summed E-state index contributed by atoms with van der Waals surface area (Å²) >= 11 is 0. The smallest absolute Gasteiger partial charge is 0.194 e. The Kier molecular flexibility index (Phi) is 2.84. The zero-order valence-corrected chi connectivity index (χ0v) is 11.1. The van der Waals surface area contributed by atoms with Crippen LogP contribution in [0.2, 0.25) is 0 Å². The van der Waals surface area contributed by atoms with Gasteiger partial charge in [-0.3, -0.25) is 9.59 Å². The number of hydrogen-bond acceptors (Lipinski definition) is 3. The molecular formula is C14H7ClO3S. The molecule has 0 aliphatic heterocycles. The van der Waals surface area contributed by atoms with Gasteiger partial charge in [-0.15, -0.1) is 0 Å². The lowest BCUT2D eigenvalue weighted by molar-refractivity contribution is 0.0979. The molecular weight excluding hydrogens is 284 g/mol. The average molecular weight is 291 g/mol. The van der Waals surface area contributed by atoms with E-state index >= 15 is 0 Å². The second-order valence-corrected chi connectivity index (χ2v) is 5.89. The third kappa shape index (κ3) is 1.84. The van der Waals surface area contributed by atoms with E-state index in [2.05, 4.69) is 0 Å². The van der Waals surface area contributed by atoms with Crippen LogP contribution in [0.15, 0.2) is 47.4 Å². The molecule has 2 aromatic carbocycles. The van der Waals surface area contributed by atoms with Crippen molar-refractivity contribution in [3.8, 4) is 0 Å². The van der Waals surface area contributed by atoms with Crippen molar-refractivity contribution in [3.05, 3.63) is 64.7 Å². The second-order valence-electron chi connectivity index (χ2n) is 4.13. The van der Waals surface area contributed by atoms with Crippen molar-refractivity contribution in [2.75, 3.05) is 0 Å². The first-order valence-corrected chi connectivity index (χ1v) is 7.47. The Bertz CT molecular complexity index is 752. The molecule has 94 valence electrons. The van der Waals surface area contributed by atoms with Gasteiger partial charge in [0, 0.05) is 22.3 Å². The summed E-state index contributed by atoms with van der Waals surface area (Å²) in [6.45, 7) is 0. The molecule has 0 spiro atoms. The van der Waals surface area contributed by atoms with Crippen LogP contribution in [-0.2, 0) is 10.0 Å². The number of carbonyl (C=O) groups is 2. The maximum Gasteiger partial charge on any atom is 0.194 e. The maximum atomic E-state index is 12.3. The summed E-state index contributed by atoms with van der Waals surface area (Å²) in [5.74, 6) is -0.439. The van der Waals surface area contributed by atoms with Gasteiger partial charge in [0.05, 0.1) is 4.90 Å². The minimum atomic E-state index is -1.70. The molecule has 2 aromatic rings. The minimum Gasteiger partial charge on any atom is -0.289 e. The highest BCUT2D eigenvalue weighted by Gasteiger charge is 2.29. The first-order chi connectivity index (χ1) is 9.09. The van der Waals surface area contributed by atoms with Crippen LogP contribution < -0.4 is 0 Å². The van der Waals surface area contributed by atoms with E-state index < -0.39 is 10.0 Å². The standard InChI is InChI=1S/C14H7ClO3S/c15-19(18)8-5-6-11-12(7-8)14(17)10-4-2-1-3-9(10)13(11)16/h1-7H. The average Bonchev–Trinajstić information content (AvgIpc) is 2.44. The van der Waals surface area contributed by atoms with E-state index in [0.717, 1.165) is 0 Å². The number of rotatable bonds is 1. The topological polar surface area (TPSA) is 51.2 Å². The van der Waals surface area contributed by atoms with E-state index in [9.17, 15) is 13.8 Å². The fourth-order valence-electron chi connectivity index (χ4n) is 2.18. The van der Waals surface area contributed by atoms with E-state index in [4.69, 9.17) is 10.7 Å². The zero-order chi connectivity index (χ0) is 13.6. The molecule has 19 heavy (non-hydrogen) atoms. The fourth-order valence-corrected chi connectivity index (χ4v) is 2.85. The summed E-state index contributed by atoms with van der Waals surface area (Å²) in [4.78, 5) is 24.9. The van der Waals surface area contributed by atoms with Crippen LogP contribution in [0.25, 0.3) is 0 Å². The summed E-state index contributed by atoms with van der Waals surface area (Å²) in [6, 6.07) is 11.1. The van der Waals surface area contributed by atoms with Crippen LogP contribution in [0.1, 0.15) is 31.8 Å². The molecule has 0 saturated heterocycles. The summed E-state index contributed by atoms with van der Waals surface area (Å²) in [7, 11) is 3.80. The monoisotopic (exact) mass is 290 g/mol. The number of ketones is 2. The maximum absolute atomic E-state index is 12.3. The Morgan fingerprint density at radius 2 is 1.32 bits per heavy atom. The van der Waals surface area contributed by atoms with Gasteiger partial charge in [0.25, 0.3) is 0 Å². The van der Waals surface area contributed by atoms with Gasteiger partial charge in [0.15, 0.2) is 11.6 Å². The molecule has 3 nitrogen and oxygen atoms in total. The molecule has 0 heterocycles. The largest absolute Gasteiger partial charge is 0.289 e. The molecule has 0 N–H and O–H groups in total. The first-order valence-electron chi connectivity index (χ1n) is 5.50. The molecule has 5 heteroatoms. The van der Waals surface area contributed by atoms with Crippen molar-refractivity contribution in [1.29, 1.82) is 0 Å². The highest BCUT2D eigenvalue weighted by atomic mass is 35.7. The Morgan fingerprint density at radius 1 is 0.789 bits per heavy atom. The predicted octanol–water partition coefficient (Wildman–Crippen LogP) is 2.72. The van der Waals surface area contributed by atoms with Gasteiger partial charge in [0.1, 0.15) is 10.0 Å². The van der Waals surface area contributed by atoms with Crippen molar-refractivity contribution in [2.24, 2.45) is 0 Å². The first kappa shape index (κ1) is 12.3. The summed E-state index contributed by atoms with van der Waals surface area (Å²) < 4.78 is 11.2. The van der Waals surface area contributed by atoms with Crippen LogP contribution >= 0.6 is 10.7 Å². The van der Waals surface area contributed by atoms with Crippen molar-refractivity contribution in [1.82, 2.24) is 0 Å². The van der Waals surface area contributed by atoms with E-state index in [0.29, 0.717) is 21.6 Å². The lowest BCUT2D eigenvalue weighted by Crippen LogP contribution is -2.20. The lowest BCUT2D eigenvalue weighted by Gasteiger charge is -2.17. The van der Waals surface area contributed by atoms with Gasteiger partial charge >= 0.3 is 0 Å². The van der Waals surface area contributed by atoms with Crippen LogP contribution in [0.3, 0.4) is 0 Å². The Morgan fingerprint density at radius 3 is 1.89 bits per heavy atom.